The Labute approximate surface area is 133 Å². The lowest BCUT2D eigenvalue weighted by Crippen LogP contribution is -2.31. The lowest BCUT2D eigenvalue weighted by atomic mass is 9.97. The van der Waals surface area contributed by atoms with Gasteiger partial charge in [0.15, 0.2) is 0 Å². The Kier molecular flexibility index (Phi) is 4.15. The van der Waals surface area contributed by atoms with Gasteiger partial charge in [0.25, 0.3) is 0 Å². The van der Waals surface area contributed by atoms with Gasteiger partial charge in [-0.25, -0.2) is 8.78 Å². The van der Waals surface area contributed by atoms with Gasteiger partial charge in [-0.05, 0) is 35.6 Å². The molecule has 2 N–H and O–H groups in total. The number of amides is 1. The maximum Gasteiger partial charge on any atom is 0.226 e. The molecule has 6 heteroatoms. The average molecular weight is 319 g/mol. The molecule has 1 fully saturated rings. The molecule has 1 aliphatic carbocycles. The quantitative estimate of drug-likeness (QED) is 0.889. The predicted molar refractivity (Wildman–Crippen MR) is 82.1 cm³/mol. The Morgan fingerprint density at radius 2 is 2.13 bits per heavy atom. The number of rotatable bonds is 5. The number of carbonyl (C=O) groups excluding carboxylic acids is 1. The van der Waals surface area contributed by atoms with Gasteiger partial charge in [-0.15, -0.1) is 0 Å². The standard InChI is InChI=1S/C17H19F2N3O/c1-9(2)11-4-3-10(7-13(11)18)16(15-5-6-20-22-15)21-17(23)12-8-14(12)19/h3-7,9,12,14,16H,8H2,1-2H3,(H,20,22)(H,21,23). The zero-order valence-corrected chi connectivity index (χ0v) is 13.0. The van der Waals surface area contributed by atoms with Crippen molar-refractivity contribution in [3.05, 3.63) is 53.1 Å². The lowest BCUT2D eigenvalue weighted by Gasteiger charge is -2.19. The number of halogens is 2. The summed E-state index contributed by atoms with van der Waals surface area (Å²) in [6.07, 6.45) is 0.738. The van der Waals surface area contributed by atoms with Crippen LogP contribution < -0.4 is 5.32 Å². The smallest absolute Gasteiger partial charge is 0.226 e. The Morgan fingerprint density at radius 1 is 1.39 bits per heavy atom. The fraction of sp³-hybridized carbons (Fsp3) is 0.412. The van der Waals surface area contributed by atoms with Crippen molar-refractivity contribution in [2.24, 2.45) is 5.92 Å². The number of carbonyl (C=O) groups is 1. The molecule has 3 unspecified atom stereocenters. The highest BCUT2D eigenvalue weighted by Crippen LogP contribution is 2.35. The molecule has 122 valence electrons. The topological polar surface area (TPSA) is 57.8 Å². The van der Waals surface area contributed by atoms with Crippen LogP contribution in [0, 0.1) is 11.7 Å². The van der Waals surface area contributed by atoms with E-state index in [1.54, 1.807) is 24.4 Å². The maximum atomic E-state index is 14.3. The van der Waals surface area contributed by atoms with E-state index < -0.39 is 18.1 Å². The Hall–Kier alpha value is -2.24. The minimum Gasteiger partial charge on any atom is -0.343 e. The molecule has 0 aliphatic heterocycles. The first-order chi connectivity index (χ1) is 11.0. The first-order valence-electron chi connectivity index (χ1n) is 7.70. The average Bonchev–Trinajstić information content (AvgIpc) is 3.00. The van der Waals surface area contributed by atoms with Crippen LogP contribution in [-0.2, 0) is 4.79 Å². The summed E-state index contributed by atoms with van der Waals surface area (Å²) in [5, 5.41) is 9.45. The van der Waals surface area contributed by atoms with E-state index in [0.29, 0.717) is 16.8 Å². The molecular weight excluding hydrogens is 300 g/mol. The van der Waals surface area contributed by atoms with Gasteiger partial charge in [0, 0.05) is 6.20 Å². The molecule has 0 bridgehead atoms. The molecule has 1 aromatic carbocycles. The van der Waals surface area contributed by atoms with Crippen molar-refractivity contribution in [3.63, 3.8) is 0 Å². The molecule has 23 heavy (non-hydrogen) atoms. The summed E-state index contributed by atoms with van der Waals surface area (Å²) in [5.74, 6) is -1.19. The molecule has 1 saturated carbocycles. The van der Waals surface area contributed by atoms with E-state index >= 15 is 0 Å². The van der Waals surface area contributed by atoms with Crippen LogP contribution in [0.25, 0.3) is 0 Å². The van der Waals surface area contributed by atoms with Crippen molar-refractivity contribution < 1.29 is 13.6 Å². The van der Waals surface area contributed by atoms with E-state index in [0.717, 1.165) is 0 Å². The van der Waals surface area contributed by atoms with Crippen LogP contribution in [0.1, 0.15) is 49.0 Å². The molecule has 0 saturated heterocycles. The number of hydrogen-bond donors (Lipinski definition) is 2. The van der Waals surface area contributed by atoms with Gasteiger partial charge in [0.05, 0.1) is 17.7 Å². The van der Waals surface area contributed by atoms with E-state index in [4.69, 9.17) is 0 Å². The molecule has 0 spiro atoms. The van der Waals surface area contributed by atoms with Crippen LogP contribution in [0.4, 0.5) is 8.78 Å². The maximum absolute atomic E-state index is 14.3. The van der Waals surface area contributed by atoms with Gasteiger partial charge < -0.3 is 5.32 Å². The number of hydrogen-bond acceptors (Lipinski definition) is 2. The Bertz CT molecular complexity index is 700. The summed E-state index contributed by atoms with van der Waals surface area (Å²) >= 11 is 0. The normalized spacial score (nSPS) is 21.3. The van der Waals surface area contributed by atoms with Crippen LogP contribution in [-0.4, -0.2) is 22.3 Å². The van der Waals surface area contributed by atoms with Crippen molar-refractivity contribution in [2.45, 2.75) is 38.4 Å². The summed E-state index contributed by atoms with van der Waals surface area (Å²) in [4.78, 5) is 12.1. The van der Waals surface area contributed by atoms with Crippen molar-refractivity contribution >= 4 is 5.91 Å². The second-order valence-corrected chi connectivity index (χ2v) is 6.25. The number of aromatic nitrogens is 2. The van der Waals surface area contributed by atoms with Gasteiger partial charge >= 0.3 is 0 Å². The summed E-state index contributed by atoms with van der Waals surface area (Å²) in [6.45, 7) is 3.83. The molecule has 2 aromatic rings. The van der Waals surface area contributed by atoms with Gasteiger partial charge in [-0.2, -0.15) is 5.10 Å². The lowest BCUT2D eigenvalue weighted by molar-refractivity contribution is -0.123. The number of benzene rings is 1. The molecule has 4 nitrogen and oxygen atoms in total. The highest BCUT2D eigenvalue weighted by Gasteiger charge is 2.44. The third-order valence-corrected chi connectivity index (χ3v) is 4.15. The molecule has 1 aliphatic rings. The number of aromatic amines is 1. The minimum atomic E-state index is -1.07. The fourth-order valence-electron chi connectivity index (χ4n) is 2.64. The molecule has 3 rings (SSSR count). The van der Waals surface area contributed by atoms with E-state index in [-0.39, 0.29) is 24.1 Å². The highest BCUT2D eigenvalue weighted by molar-refractivity contribution is 5.82. The zero-order valence-electron chi connectivity index (χ0n) is 13.0. The second-order valence-electron chi connectivity index (χ2n) is 6.25. The highest BCUT2D eigenvalue weighted by atomic mass is 19.1. The summed E-state index contributed by atoms with van der Waals surface area (Å²) < 4.78 is 27.4. The van der Waals surface area contributed by atoms with Crippen LogP contribution in [0.2, 0.25) is 0 Å². The SMILES string of the molecule is CC(C)c1ccc(C(NC(=O)C2CC2F)c2ccn[nH]2)cc1F. The van der Waals surface area contributed by atoms with Crippen molar-refractivity contribution in [2.75, 3.05) is 0 Å². The zero-order chi connectivity index (χ0) is 16.6. The number of alkyl halides is 1. The fourth-order valence-corrected chi connectivity index (χ4v) is 2.64. The van der Waals surface area contributed by atoms with Gasteiger partial charge in [-0.3, -0.25) is 9.89 Å². The Balaban J connectivity index is 1.89. The number of nitrogens with zero attached hydrogens (tertiary/aromatic N) is 1. The van der Waals surface area contributed by atoms with E-state index in [1.807, 2.05) is 13.8 Å². The van der Waals surface area contributed by atoms with Crippen LogP contribution in [0.5, 0.6) is 0 Å². The molecular formula is C17H19F2N3O. The van der Waals surface area contributed by atoms with Crippen molar-refractivity contribution in [1.82, 2.24) is 15.5 Å². The summed E-state index contributed by atoms with van der Waals surface area (Å²) in [5.41, 5.74) is 1.85. The molecule has 0 radical (unpaired) electrons. The van der Waals surface area contributed by atoms with Gasteiger partial charge in [-0.1, -0.05) is 26.0 Å². The van der Waals surface area contributed by atoms with Crippen molar-refractivity contribution in [1.29, 1.82) is 0 Å². The molecule has 3 atom stereocenters. The summed E-state index contributed by atoms with van der Waals surface area (Å²) in [6, 6.07) is 6.05. The molecule has 1 amide bonds. The van der Waals surface area contributed by atoms with Gasteiger partial charge in [0.2, 0.25) is 5.91 Å². The van der Waals surface area contributed by atoms with E-state index in [2.05, 4.69) is 15.5 Å². The summed E-state index contributed by atoms with van der Waals surface area (Å²) in [7, 11) is 0. The first-order valence-corrected chi connectivity index (χ1v) is 7.70. The number of H-pyrrole nitrogens is 1. The molecule has 1 aromatic heterocycles. The largest absolute Gasteiger partial charge is 0.343 e. The minimum absolute atomic E-state index is 0.0722. The third-order valence-electron chi connectivity index (χ3n) is 4.15. The monoisotopic (exact) mass is 319 g/mol. The Morgan fingerprint density at radius 3 is 2.65 bits per heavy atom. The van der Waals surface area contributed by atoms with E-state index in [9.17, 15) is 13.6 Å². The van der Waals surface area contributed by atoms with Crippen LogP contribution >= 0.6 is 0 Å². The predicted octanol–water partition coefficient (Wildman–Crippen LogP) is 3.24. The third kappa shape index (κ3) is 3.25. The van der Waals surface area contributed by atoms with Crippen LogP contribution in [0.15, 0.2) is 30.5 Å². The van der Waals surface area contributed by atoms with Crippen molar-refractivity contribution in [3.8, 4) is 0 Å². The molecule has 1 heterocycles. The van der Waals surface area contributed by atoms with Gasteiger partial charge in [0.1, 0.15) is 12.0 Å². The van der Waals surface area contributed by atoms with E-state index in [1.165, 1.54) is 6.07 Å². The second kappa shape index (κ2) is 6.10. The first kappa shape index (κ1) is 15.6. The van der Waals surface area contributed by atoms with Crippen LogP contribution in [0.3, 0.4) is 0 Å². The number of nitrogens with one attached hydrogen (secondary N) is 2.